The van der Waals surface area contributed by atoms with E-state index in [2.05, 4.69) is 5.32 Å². The number of hydrogen-bond donors (Lipinski definition) is 1. The number of amides is 2. The van der Waals surface area contributed by atoms with Crippen molar-refractivity contribution in [3.05, 3.63) is 59.7 Å². The Bertz CT molecular complexity index is 748. The lowest BCUT2D eigenvalue weighted by Crippen LogP contribution is -2.35. The molecule has 0 atom stereocenters. The van der Waals surface area contributed by atoms with Gasteiger partial charge < -0.3 is 10.2 Å². The number of nitrogens with zero attached hydrogens (tertiary/aromatic N) is 1. The molecule has 24 heavy (non-hydrogen) atoms. The molecule has 0 radical (unpaired) electrons. The summed E-state index contributed by atoms with van der Waals surface area (Å²) in [6, 6.07) is 9.82. The van der Waals surface area contributed by atoms with Gasteiger partial charge in [-0.1, -0.05) is 12.1 Å². The number of likely N-dealkylation sites (N-methyl/N-ethyl adjacent to an activating group) is 1. The Hall–Kier alpha value is -2.41. The molecule has 126 valence electrons. The van der Waals surface area contributed by atoms with E-state index in [9.17, 15) is 18.4 Å². The van der Waals surface area contributed by atoms with Crippen molar-refractivity contribution < 1.29 is 18.4 Å². The minimum Gasteiger partial charge on any atom is -0.332 e. The maximum atomic E-state index is 13.2. The highest BCUT2D eigenvalue weighted by molar-refractivity contribution is 7.98. The normalized spacial score (nSPS) is 10.3. The van der Waals surface area contributed by atoms with E-state index in [-0.39, 0.29) is 12.1 Å². The van der Waals surface area contributed by atoms with Crippen molar-refractivity contribution in [2.24, 2.45) is 0 Å². The van der Waals surface area contributed by atoms with Gasteiger partial charge in [-0.25, -0.2) is 8.78 Å². The van der Waals surface area contributed by atoms with E-state index in [0.717, 1.165) is 21.9 Å². The van der Waals surface area contributed by atoms with E-state index in [1.54, 1.807) is 12.1 Å². The molecular weight excluding hydrogens is 334 g/mol. The number of benzene rings is 2. The molecule has 0 fully saturated rings. The molecule has 2 aromatic rings. The average Bonchev–Trinajstić information content (AvgIpc) is 2.53. The smallest absolute Gasteiger partial charge is 0.254 e. The van der Waals surface area contributed by atoms with Gasteiger partial charge in [0.1, 0.15) is 11.6 Å². The van der Waals surface area contributed by atoms with Crippen LogP contribution in [0.25, 0.3) is 0 Å². The van der Waals surface area contributed by atoms with Gasteiger partial charge in [0.25, 0.3) is 5.91 Å². The van der Waals surface area contributed by atoms with Gasteiger partial charge in [-0.3, -0.25) is 9.59 Å². The van der Waals surface area contributed by atoms with Crippen molar-refractivity contribution in [2.75, 3.05) is 25.2 Å². The zero-order valence-electron chi connectivity index (χ0n) is 13.2. The summed E-state index contributed by atoms with van der Waals surface area (Å²) in [5.41, 5.74) is 0.500. The first-order chi connectivity index (χ1) is 11.4. The number of thioether (sulfide) groups is 1. The molecule has 0 spiro atoms. The van der Waals surface area contributed by atoms with Gasteiger partial charge in [0, 0.05) is 23.6 Å². The second kappa shape index (κ2) is 7.92. The fraction of sp³-hybridized carbons (Fsp3) is 0.176. The Morgan fingerprint density at radius 2 is 1.75 bits per heavy atom. The SMILES string of the molecule is CSc1ccccc1NC(=O)CN(C)C(=O)c1cc(F)cc(F)c1. The molecule has 2 aromatic carbocycles. The molecule has 0 saturated heterocycles. The van der Waals surface area contributed by atoms with Crippen molar-refractivity contribution in [1.29, 1.82) is 0 Å². The zero-order valence-corrected chi connectivity index (χ0v) is 14.0. The molecular formula is C17H16F2N2O2S. The zero-order chi connectivity index (χ0) is 17.7. The number of halogens is 2. The molecule has 0 bridgehead atoms. The third kappa shape index (κ3) is 4.55. The van der Waals surface area contributed by atoms with Crippen LogP contribution in [0.1, 0.15) is 10.4 Å². The van der Waals surface area contributed by atoms with Gasteiger partial charge in [-0.2, -0.15) is 0 Å². The van der Waals surface area contributed by atoms with E-state index in [1.165, 1.54) is 18.8 Å². The van der Waals surface area contributed by atoms with Gasteiger partial charge in [0.15, 0.2) is 0 Å². The Balaban J connectivity index is 2.04. The van der Waals surface area contributed by atoms with Gasteiger partial charge in [-0.15, -0.1) is 11.8 Å². The molecule has 2 amide bonds. The lowest BCUT2D eigenvalue weighted by atomic mass is 10.2. The number of nitrogens with one attached hydrogen (secondary N) is 1. The van der Waals surface area contributed by atoms with Gasteiger partial charge in [0.05, 0.1) is 12.2 Å². The van der Waals surface area contributed by atoms with Crippen LogP contribution in [0.15, 0.2) is 47.4 Å². The summed E-state index contributed by atoms with van der Waals surface area (Å²) in [5, 5.41) is 2.72. The molecule has 1 N–H and O–H groups in total. The highest BCUT2D eigenvalue weighted by Crippen LogP contribution is 2.24. The first kappa shape index (κ1) is 17.9. The molecule has 0 aliphatic carbocycles. The van der Waals surface area contributed by atoms with Gasteiger partial charge in [0.2, 0.25) is 5.91 Å². The summed E-state index contributed by atoms with van der Waals surface area (Å²) in [5.74, 6) is -2.72. The van der Waals surface area contributed by atoms with E-state index in [0.29, 0.717) is 11.8 Å². The number of anilines is 1. The Labute approximate surface area is 142 Å². The summed E-state index contributed by atoms with van der Waals surface area (Å²) in [4.78, 5) is 26.3. The van der Waals surface area contributed by atoms with E-state index in [1.807, 2.05) is 18.4 Å². The molecule has 0 aliphatic heterocycles. The maximum absolute atomic E-state index is 13.2. The van der Waals surface area contributed by atoms with E-state index in [4.69, 9.17) is 0 Å². The van der Waals surface area contributed by atoms with Crippen molar-refractivity contribution in [3.8, 4) is 0 Å². The number of para-hydroxylation sites is 1. The van der Waals surface area contributed by atoms with Crippen LogP contribution in [0.2, 0.25) is 0 Å². The van der Waals surface area contributed by atoms with Crippen molar-refractivity contribution in [3.63, 3.8) is 0 Å². The Morgan fingerprint density at radius 3 is 2.38 bits per heavy atom. The van der Waals surface area contributed by atoms with Crippen LogP contribution in [0, 0.1) is 11.6 Å². The minimum atomic E-state index is -0.843. The van der Waals surface area contributed by atoms with Crippen LogP contribution in [0.5, 0.6) is 0 Å². The predicted molar refractivity (Wildman–Crippen MR) is 90.2 cm³/mol. The standard InChI is InChI=1S/C17H16F2N2O2S/c1-21(17(23)11-7-12(18)9-13(19)8-11)10-16(22)20-14-5-3-4-6-15(14)24-2/h3-9H,10H2,1-2H3,(H,20,22). The van der Waals surface area contributed by atoms with Crippen LogP contribution in [-0.2, 0) is 4.79 Å². The monoisotopic (exact) mass is 350 g/mol. The highest BCUT2D eigenvalue weighted by Gasteiger charge is 2.17. The van der Waals surface area contributed by atoms with Crippen LogP contribution >= 0.6 is 11.8 Å². The third-order valence-electron chi connectivity index (χ3n) is 3.22. The number of carbonyl (C=O) groups is 2. The maximum Gasteiger partial charge on any atom is 0.254 e. The second-order valence-electron chi connectivity index (χ2n) is 5.07. The highest BCUT2D eigenvalue weighted by atomic mass is 32.2. The van der Waals surface area contributed by atoms with Gasteiger partial charge in [-0.05, 0) is 30.5 Å². The summed E-state index contributed by atoms with van der Waals surface area (Å²) < 4.78 is 26.4. The predicted octanol–water partition coefficient (Wildman–Crippen LogP) is 3.40. The quantitative estimate of drug-likeness (QED) is 0.841. The average molecular weight is 350 g/mol. The number of carbonyl (C=O) groups excluding carboxylic acids is 2. The number of hydrogen-bond acceptors (Lipinski definition) is 3. The first-order valence-electron chi connectivity index (χ1n) is 7.05. The van der Waals surface area contributed by atoms with Crippen LogP contribution in [-0.4, -0.2) is 36.6 Å². The van der Waals surface area contributed by atoms with E-state index < -0.39 is 23.4 Å². The lowest BCUT2D eigenvalue weighted by molar-refractivity contribution is -0.116. The molecule has 0 saturated carbocycles. The molecule has 2 rings (SSSR count). The summed E-state index contributed by atoms with van der Waals surface area (Å²) >= 11 is 1.48. The topological polar surface area (TPSA) is 49.4 Å². The van der Waals surface area contributed by atoms with E-state index >= 15 is 0 Å². The van der Waals surface area contributed by atoms with Crippen LogP contribution < -0.4 is 5.32 Å². The summed E-state index contributed by atoms with van der Waals surface area (Å²) in [7, 11) is 1.39. The molecule has 0 unspecified atom stereocenters. The molecule has 4 nitrogen and oxygen atoms in total. The largest absolute Gasteiger partial charge is 0.332 e. The summed E-state index contributed by atoms with van der Waals surface area (Å²) in [6.45, 7) is -0.236. The lowest BCUT2D eigenvalue weighted by Gasteiger charge is -2.17. The molecule has 7 heteroatoms. The van der Waals surface area contributed by atoms with Crippen LogP contribution in [0.4, 0.5) is 14.5 Å². The number of rotatable bonds is 5. The fourth-order valence-electron chi connectivity index (χ4n) is 2.12. The van der Waals surface area contributed by atoms with Crippen molar-refractivity contribution >= 4 is 29.3 Å². The van der Waals surface area contributed by atoms with Crippen molar-refractivity contribution in [2.45, 2.75) is 4.90 Å². The molecule has 0 heterocycles. The molecule has 0 aliphatic rings. The van der Waals surface area contributed by atoms with Crippen LogP contribution in [0.3, 0.4) is 0 Å². The van der Waals surface area contributed by atoms with Crippen molar-refractivity contribution in [1.82, 2.24) is 4.90 Å². The second-order valence-corrected chi connectivity index (χ2v) is 5.92. The minimum absolute atomic E-state index is 0.146. The summed E-state index contributed by atoms with van der Waals surface area (Å²) in [6.07, 6.45) is 1.89. The fourth-order valence-corrected chi connectivity index (χ4v) is 2.68. The molecule has 0 aromatic heterocycles. The first-order valence-corrected chi connectivity index (χ1v) is 8.27. The third-order valence-corrected chi connectivity index (χ3v) is 4.01. The Kier molecular flexibility index (Phi) is 5.92. The van der Waals surface area contributed by atoms with Gasteiger partial charge >= 0.3 is 0 Å². The Morgan fingerprint density at radius 1 is 1.12 bits per heavy atom.